The molecule has 1 fully saturated rings. The SMILES string of the molecule is COc1cccc2[nH]c(CCCN(C)CC[C@@]3(OC(=O)CC(F)(F)F)C[C@@H]4CC[C@H]3C=C4c3ccccc3)nc12. The summed E-state index contributed by atoms with van der Waals surface area (Å²) in [4.78, 5) is 22.6. The van der Waals surface area contributed by atoms with Gasteiger partial charge in [0.05, 0.1) is 12.6 Å². The number of methoxy groups -OCH3 is 1. The van der Waals surface area contributed by atoms with E-state index in [1.807, 2.05) is 43.4 Å². The third-order valence-corrected chi connectivity index (χ3v) is 8.30. The lowest BCUT2D eigenvalue weighted by Gasteiger charge is -2.50. The van der Waals surface area contributed by atoms with Crippen LogP contribution in [0.1, 0.15) is 49.9 Å². The minimum atomic E-state index is -4.59. The van der Waals surface area contributed by atoms with Crippen LogP contribution in [-0.2, 0) is 16.0 Å². The quantitative estimate of drug-likeness (QED) is 0.271. The van der Waals surface area contributed by atoms with E-state index in [1.165, 1.54) is 5.57 Å². The highest BCUT2D eigenvalue weighted by Gasteiger charge is 2.51. The van der Waals surface area contributed by atoms with Crippen molar-refractivity contribution in [2.24, 2.45) is 11.8 Å². The Kier molecular flexibility index (Phi) is 8.21. The van der Waals surface area contributed by atoms with Crippen molar-refractivity contribution < 1.29 is 27.4 Å². The zero-order chi connectivity index (χ0) is 28.3. The molecule has 3 atom stereocenters. The number of aromatic nitrogens is 2. The van der Waals surface area contributed by atoms with Gasteiger partial charge in [0.2, 0.25) is 0 Å². The summed E-state index contributed by atoms with van der Waals surface area (Å²) in [7, 11) is 3.63. The maximum Gasteiger partial charge on any atom is 0.399 e. The molecule has 6 nitrogen and oxygen atoms in total. The number of para-hydroxylation sites is 1. The number of nitrogens with one attached hydrogen (secondary N) is 1. The van der Waals surface area contributed by atoms with Gasteiger partial charge in [-0.2, -0.15) is 13.2 Å². The Morgan fingerprint density at radius 1 is 1.12 bits per heavy atom. The number of H-pyrrole nitrogens is 1. The predicted molar refractivity (Wildman–Crippen MR) is 148 cm³/mol. The second-order valence-electron chi connectivity index (χ2n) is 11.1. The zero-order valence-corrected chi connectivity index (χ0v) is 23.0. The average molecular weight is 556 g/mol. The van der Waals surface area contributed by atoms with Crippen molar-refractivity contribution in [3.05, 3.63) is 66.0 Å². The predicted octanol–water partition coefficient (Wildman–Crippen LogP) is 6.57. The number of carbonyl (C=O) groups is 1. The number of benzene rings is 2. The molecule has 0 saturated heterocycles. The molecule has 0 spiro atoms. The van der Waals surface area contributed by atoms with Crippen LogP contribution in [0.25, 0.3) is 16.6 Å². The summed E-state index contributed by atoms with van der Waals surface area (Å²) in [6.07, 6.45) is 0.413. The highest BCUT2D eigenvalue weighted by molar-refractivity contribution is 5.81. The van der Waals surface area contributed by atoms with Crippen LogP contribution in [0.3, 0.4) is 0 Å². The van der Waals surface area contributed by atoms with Gasteiger partial charge < -0.3 is 19.4 Å². The van der Waals surface area contributed by atoms with Gasteiger partial charge in [0, 0.05) is 25.3 Å². The van der Waals surface area contributed by atoms with Crippen LogP contribution >= 0.6 is 0 Å². The number of alkyl halides is 3. The van der Waals surface area contributed by atoms with Gasteiger partial charge in [-0.3, -0.25) is 4.79 Å². The number of hydrogen-bond acceptors (Lipinski definition) is 5. The number of carbonyl (C=O) groups excluding carboxylic acids is 1. The lowest BCUT2D eigenvalue weighted by molar-refractivity contribution is -0.192. The zero-order valence-electron chi connectivity index (χ0n) is 23.0. The van der Waals surface area contributed by atoms with E-state index >= 15 is 0 Å². The Bertz CT molecular complexity index is 1350. The van der Waals surface area contributed by atoms with Crippen molar-refractivity contribution >= 4 is 22.6 Å². The molecule has 2 aromatic carbocycles. The normalized spacial score (nSPS) is 22.5. The summed E-state index contributed by atoms with van der Waals surface area (Å²) in [6.45, 7) is 1.39. The Balaban J connectivity index is 1.24. The second kappa shape index (κ2) is 11.6. The van der Waals surface area contributed by atoms with Gasteiger partial charge in [0.25, 0.3) is 0 Å². The molecule has 1 N–H and O–H groups in total. The summed E-state index contributed by atoms with van der Waals surface area (Å²) in [6, 6.07) is 15.9. The summed E-state index contributed by atoms with van der Waals surface area (Å²) < 4.78 is 50.3. The number of rotatable bonds is 11. The number of fused-ring (bicyclic) bond motifs is 3. The number of aryl methyl sites for hydroxylation is 1. The van der Waals surface area contributed by atoms with E-state index in [-0.39, 0.29) is 11.8 Å². The van der Waals surface area contributed by atoms with Gasteiger partial charge in [-0.25, -0.2) is 4.98 Å². The fraction of sp³-hybridized carbons (Fsp3) is 0.484. The lowest BCUT2D eigenvalue weighted by atomic mass is 9.60. The minimum absolute atomic E-state index is 0.108. The summed E-state index contributed by atoms with van der Waals surface area (Å²) in [5.41, 5.74) is 3.17. The molecule has 3 aromatic rings. The Morgan fingerprint density at radius 2 is 1.93 bits per heavy atom. The van der Waals surface area contributed by atoms with Gasteiger partial charge in [-0.05, 0) is 68.5 Å². The molecular weight excluding hydrogens is 519 g/mol. The van der Waals surface area contributed by atoms with Crippen LogP contribution in [-0.4, -0.2) is 59.9 Å². The summed E-state index contributed by atoms with van der Waals surface area (Å²) >= 11 is 0. The first-order chi connectivity index (χ1) is 19.2. The first-order valence-electron chi connectivity index (χ1n) is 13.9. The fourth-order valence-electron chi connectivity index (χ4n) is 6.36. The van der Waals surface area contributed by atoms with Crippen molar-refractivity contribution in [1.29, 1.82) is 0 Å². The van der Waals surface area contributed by atoms with E-state index in [1.54, 1.807) is 7.11 Å². The largest absolute Gasteiger partial charge is 0.494 e. The Morgan fingerprint density at radius 3 is 2.62 bits per heavy atom. The van der Waals surface area contributed by atoms with Crippen molar-refractivity contribution in [3.63, 3.8) is 0 Å². The van der Waals surface area contributed by atoms with Gasteiger partial charge in [0.1, 0.15) is 29.1 Å². The van der Waals surface area contributed by atoms with Gasteiger partial charge >= 0.3 is 12.1 Å². The molecule has 1 aromatic heterocycles. The molecule has 2 bridgehead atoms. The fourth-order valence-corrected chi connectivity index (χ4v) is 6.36. The standard InChI is InChI=1S/C31H36F3N3O3/c1-37(16-7-12-27-35-25-10-6-11-26(39-2)29(25)36-27)17-15-30(40-28(38)20-31(32,33)34)19-22-13-14-23(30)18-24(22)21-8-4-3-5-9-21/h3-6,8-11,18,22-23H,7,12-17,19-20H2,1-2H3,(H,35,36)/t22-,23-,30+/m0/s1. The molecule has 0 unspecified atom stereocenters. The summed E-state index contributed by atoms with van der Waals surface area (Å²) in [5, 5.41) is 0. The molecule has 214 valence electrons. The van der Waals surface area contributed by atoms with Crippen molar-refractivity contribution in [1.82, 2.24) is 14.9 Å². The van der Waals surface area contributed by atoms with Crippen LogP contribution in [0.5, 0.6) is 5.75 Å². The smallest absolute Gasteiger partial charge is 0.399 e. The molecule has 9 heteroatoms. The third-order valence-electron chi connectivity index (χ3n) is 8.30. The molecule has 3 aliphatic rings. The van der Waals surface area contributed by atoms with Gasteiger partial charge in [-0.1, -0.05) is 42.5 Å². The van der Waals surface area contributed by atoms with E-state index in [2.05, 4.69) is 33.1 Å². The van der Waals surface area contributed by atoms with E-state index in [4.69, 9.17) is 9.47 Å². The molecule has 40 heavy (non-hydrogen) atoms. The first-order valence-corrected chi connectivity index (χ1v) is 13.9. The van der Waals surface area contributed by atoms with E-state index in [9.17, 15) is 18.0 Å². The number of nitrogens with zero attached hydrogens (tertiary/aromatic N) is 2. The Hall–Kier alpha value is -3.33. The molecule has 1 heterocycles. The first kappa shape index (κ1) is 28.2. The number of aromatic amines is 1. The molecule has 3 aliphatic carbocycles. The number of imidazole rings is 1. The molecule has 0 amide bonds. The number of ether oxygens (including phenoxy) is 2. The topological polar surface area (TPSA) is 67.4 Å². The van der Waals surface area contributed by atoms with Crippen LogP contribution in [0.4, 0.5) is 13.2 Å². The van der Waals surface area contributed by atoms with Crippen LogP contribution in [0.2, 0.25) is 0 Å². The maximum absolute atomic E-state index is 13.0. The minimum Gasteiger partial charge on any atom is -0.494 e. The molecule has 0 aliphatic heterocycles. The van der Waals surface area contributed by atoms with Crippen molar-refractivity contribution in [3.8, 4) is 5.75 Å². The monoisotopic (exact) mass is 555 g/mol. The van der Waals surface area contributed by atoms with E-state index in [0.29, 0.717) is 19.4 Å². The molecule has 1 saturated carbocycles. The van der Waals surface area contributed by atoms with Gasteiger partial charge in [0.15, 0.2) is 0 Å². The van der Waals surface area contributed by atoms with Crippen molar-refractivity contribution in [2.45, 2.75) is 56.7 Å². The van der Waals surface area contributed by atoms with Crippen LogP contribution < -0.4 is 4.74 Å². The number of esters is 1. The third kappa shape index (κ3) is 6.35. The van der Waals surface area contributed by atoms with Crippen molar-refractivity contribution in [2.75, 3.05) is 27.2 Å². The Labute approximate surface area is 232 Å². The van der Waals surface area contributed by atoms with Gasteiger partial charge in [-0.15, -0.1) is 0 Å². The molecular formula is C31H36F3N3O3. The number of hydrogen-bond donors (Lipinski definition) is 1. The maximum atomic E-state index is 13.0. The van der Waals surface area contributed by atoms with Crippen LogP contribution in [0, 0.1) is 11.8 Å². The molecule has 0 radical (unpaired) electrons. The number of halogens is 3. The highest BCUT2D eigenvalue weighted by atomic mass is 19.4. The van der Waals surface area contributed by atoms with Crippen LogP contribution in [0.15, 0.2) is 54.6 Å². The lowest BCUT2D eigenvalue weighted by Crippen LogP contribution is -2.51. The van der Waals surface area contributed by atoms with E-state index < -0.39 is 24.2 Å². The highest BCUT2D eigenvalue weighted by Crippen LogP contribution is 2.53. The average Bonchev–Trinajstić information content (AvgIpc) is 3.35. The summed E-state index contributed by atoms with van der Waals surface area (Å²) in [5.74, 6) is 0.477. The molecule has 6 rings (SSSR count). The second-order valence-corrected chi connectivity index (χ2v) is 11.1. The number of allylic oxidation sites excluding steroid dienone is 1. The van der Waals surface area contributed by atoms with E-state index in [0.717, 1.165) is 60.4 Å².